The number of aryl methyl sites for hydroxylation is 2. The van der Waals surface area contributed by atoms with Gasteiger partial charge in [0.25, 0.3) is 0 Å². The second kappa shape index (κ2) is 6.23. The third-order valence-electron chi connectivity index (χ3n) is 3.88. The van der Waals surface area contributed by atoms with E-state index < -0.39 is 0 Å². The Morgan fingerprint density at radius 3 is 2.80 bits per heavy atom. The van der Waals surface area contributed by atoms with Crippen molar-refractivity contribution in [3.8, 4) is 11.9 Å². The summed E-state index contributed by atoms with van der Waals surface area (Å²) in [7, 11) is 1.69. The van der Waals surface area contributed by atoms with Crippen molar-refractivity contribution >= 4 is 0 Å². The van der Waals surface area contributed by atoms with Gasteiger partial charge >= 0.3 is 0 Å². The highest BCUT2D eigenvalue weighted by molar-refractivity contribution is 5.43. The zero-order chi connectivity index (χ0) is 14.6. The Balaban J connectivity index is 2.09. The van der Waals surface area contributed by atoms with Gasteiger partial charge in [-0.1, -0.05) is 0 Å². The minimum absolute atomic E-state index is 0.221. The second-order valence-corrected chi connectivity index (χ2v) is 5.83. The Kier molecular flexibility index (Phi) is 4.61. The Hall–Kier alpha value is -1.60. The molecule has 1 heterocycles. The standard InChI is InChI=1S/C16H22N2O2/c1-16(2,19-3)8-9-20-15-13(11-17)10-12-6-4-5-7-14(12)18-15/h10H,4-9H2,1-3H3. The predicted molar refractivity (Wildman–Crippen MR) is 76.8 cm³/mol. The number of ether oxygens (including phenoxy) is 2. The van der Waals surface area contributed by atoms with E-state index in [1.807, 2.05) is 19.9 Å². The average Bonchev–Trinajstić information content (AvgIpc) is 2.46. The first-order valence-corrected chi connectivity index (χ1v) is 7.16. The maximum absolute atomic E-state index is 9.23. The Labute approximate surface area is 120 Å². The predicted octanol–water partition coefficient (Wildman–Crippen LogP) is 3.03. The molecular weight excluding hydrogens is 252 g/mol. The van der Waals surface area contributed by atoms with E-state index in [1.165, 1.54) is 18.4 Å². The summed E-state index contributed by atoms with van der Waals surface area (Å²) in [5.74, 6) is 0.472. The molecule has 0 atom stereocenters. The van der Waals surface area contributed by atoms with Gasteiger partial charge in [0, 0.05) is 19.2 Å². The van der Waals surface area contributed by atoms with Gasteiger partial charge < -0.3 is 9.47 Å². The normalized spacial score (nSPS) is 14.5. The number of aromatic nitrogens is 1. The van der Waals surface area contributed by atoms with Gasteiger partial charge in [0.1, 0.15) is 11.6 Å². The molecule has 0 aliphatic heterocycles. The fourth-order valence-corrected chi connectivity index (χ4v) is 2.30. The summed E-state index contributed by atoms with van der Waals surface area (Å²) in [5, 5.41) is 9.23. The molecule has 0 saturated carbocycles. The molecule has 1 aliphatic rings. The zero-order valence-electron chi connectivity index (χ0n) is 12.5. The monoisotopic (exact) mass is 274 g/mol. The van der Waals surface area contributed by atoms with Crippen LogP contribution in [0.25, 0.3) is 0 Å². The number of hydrogen-bond donors (Lipinski definition) is 0. The Bertz CT molecular complexity index is 518. The quantitative estimate of drug-likeness (QED) is 0.828. The number of nitriles is 1. The Morgan fingerprint density at radius 2 is 2.10 bits per heavy atom. The number of methoxy groups -OCH3 is 1. The highest BCUT2D eigenvalue weighted by Gasteiger charge is 2.19. The summed E-state index contributed by atoms with van der Waals surface area (Å²) < 4.78 is 11.1. The number of rotatable bonds is 5. The average molecular weight is 274 g/mol. The summed E-state index contributed by atoms with van der Waals surface area (Å²) in [6.45, 7) is 4.53. The molecule has 108 valence electrons. The molecule has 2 rings (SSSR count). The van der Waals surface area contributed by atoms with Crippen molar-refractivity contribution in [1.82, 2.24) is 4.98 Å². The van der Waals surface area contributed by atoms with E-state index in [4.69, 9.17) is 9.47 Å². The highest BCUT2D eigenvalue weighted by atomic mass is 16.5. The largest absolute Gasteiger partial charge is 0.477 e. The molecule has 0 bridgehead atoms. The maximum atomic E-state index is 9.23. The van der Waals surface area contributed by atoms with Gasteiger partial charge in [0.2, 0.25) is 5.88 Å². The first-order chi connectivity index (χ1) is 9.55. The van der Waals surface area contributed by atoms with Crippen LogP contribution in [-0.4, -0.2) is 24.3 Å². The third kappa shape index (κ3) is 3.49. The van der Waals surface area contributed by atoms with Crippen molar-refractivity contribution in [1.29, 1.82) is 5.26 Å². The lowest BCUT2D eigenvalue weighted by Gasteiger charge is -2.23. The lowest BCUT2D eigenvalue weighted by Crippen LogP contribution is -2.25. The topological polar surface area (TPSA) is 55.1 Å². The van der Waals surface area contributed by atoms with E-state index in [1.54, 1.807) is 7.11 Å². The van der Waals surface area contributed by atoms with Crippen molar-refractivity contribution in [2.45, 2.75) is 51.6 Å². The summed E-state index contributed by atoms with van der Waals surface area (Å²) >= 11 is 0. The van der Waals surface area contributed by atoms with E-state index in [0.717, 1.165) is 25.0 Å². The van der Waals surface area contributed by atoms with E-state index in [0.29, 0.717) is 18.1 Å². The molecule has 0 saturated heterocycles. The number of fused-ring (bicyclic) bond motifs is 1. The van der Waals surface area contributed by atoms with E-state index in [2.05, 4.69) is 11.1 Å². The minimum atomic E-state index is -0.221. The van der Waals surface area contributed by atoms with E-state index >= 15 is 0 Å². The van der Waals surface area contributed by atoms with E-state index in [9.17, 15) is 5.26 Å². The van der Waals surface area contributed by atoms with Crippen LogP contribution in [0.5, 0.6) is 5.88 Å². The van der Waals surface area contributed by atoms with Crippen molar-refractivity contribution in [3.63, 3.8) is 0 Å². The molecular formula is C16H22N2O2. The van der Waals surface area contributed by atoms with Crippen molar-refractivity contribution in [2.24, 2.45) is 0 Å². The molecule has 0 spiro atoms. The number of pyridine rings is 1. The summed E-state index contributed by atoms with van der Waals surface area (Å²) in [6, 6.07) is 4.13. The zero-order valence-corrected chi connectivity index (χ0v) is 12.5. The van der Waals surface area contributed by atoms with Gasteiger partial charge in [0.05, 0.1) is 12.2 Å². The van der Waals surface area contributed by atoms with Crippen LogP contribution in [0.1, 0.15) is 49.9 Å². The first-order valence-electron chi connectivity index (χ1n) is 7.16. The van der Waals surface area contributed by atoms with E-state index in [-0.39, 0.29) is 5.60 Å². The van der Waals surface area contributed by atoms with Crippen LogP contribution in [0.4, 0.5) is 0 Å². The molecule has 0 unspecified atom stereocenters. The molecule has 0 aromatic carbocycles. The molecule has 20 heavy (non-hydrogen) atoms. The number of nitrogens with zero attached hydrogens (tertiary/aromatic N) is 2. The summed E-state index contributed by atoms with van der Waals surface area (Å²) in [6.07, 6.45) is 5.12. The van der Waals surface area contributed by atoms with Crippen LogP contribution < -0.4 is 4.74 Å². The SMILES string of the molecule is COC(C)(C)CCOc1nc2c(cc1C#N)CCCC2. The second-order valence-electron chi connectivity index (χ2n) is 5.83. The van der Waals surface area contributed by atoms with Gasteiger partial charge in [-0.25, -0.2) is 4.98 Å². The minimum Gasteiger partial charge on any atom is -0.477 e. The molecule has 0 fully saturated rings. The van der Waals surface area contributed by atoms with Crippen molar-refractivity contribution < 1.29 is 9.47 Å². The maximum Gasteiger partial charge on any atom is 0.231 e. The van der Waals surface area contributed by atoms with Gasteiger partial charge in [-0.2, -0.15) is 5.26 Å². The third-order valence-corrected chi connectivity index (χ3v) is 3.88. The molecule has 0 radical (unpaired) electrons. The molecule has 1 aromatic rings. The van der Waals surface area contributed by atoms with Gasteiger partial charge in [-0.05, 0) is 51.2 Å². The summed E-state index contributed by atoms with van der Waals surface area (Å²) in [5.41, 5.74) is 2.62. The van der Waals surface area contributed by atoms with Crippen LogP contribution in [0.15, 0.2) is 6.07 Å². The van der Waals surface area contributed by atoms with Crippen LogP contribution >= 0.6 is 0 Å². The van der Waals surface area contributed by atoms with Gasteiger partial charge in [0.15, 0.2) is 0 Å². The van der Waals surface area contributed by atoms with Gasteiger partial charge in [-0.15, -0.1) is 0 Å². The molecule has 4 nitrogen and oxygen atoms in total. The highest BCUT2D eigenvalue weighted by Crippen LogP contribution is 2.26. The fourth-order valence-electron chi connectivity index (χ4n) is 2.30. The molecule has 1 aromatic heterocycles. The lowest BCUT2D eigenvalue weighted by molar-refractivity contribution is 0.00504. The van der Waals surface area contributed by atoms with Crippen LogP contribution in [0, 0.1) is 11.3 Å². The molecule has 1 aliphatic carbocycles. The smallest absolute Gasteiger partial charge is 0.231 e. The fraction of sp³-hybridized carbons (Fsp3) is 0.625. The number of hydrogen-bond acceptors (Lipinski definition) is 4. The Morgan fingerprint density at radius 1 is 1.35 bits per heavy atom. The molecule has 0 amide bonds. The molecule has 4 heteroatoms. The van der Waals surface area contributed by atoms with Crippen LogP contribution in [0.2, 0.25) is 0 Å². The molecule has 0 N–H and O–H groups in total. The summed E-state index contributed by atoms with van der Waals surface area (Å²) in [4.78, 5) is 4.54. The first kappa shape index (κ1) is 14.8. The van der Waals surface area contributed by atoms with Crippen LogP contribution in [0.3, 0.4) is 0 Å². The van der Waals surface area contributed by atoms with Gasteiger partial charge in [-0.3, -0.25) is 0 Å². The van der Waals surface area contributed by atoms with Crippen LogP contribution in [-0.2, 0) is 17.6 Å². The lowest BCUT2D eigenvalue weighted by atomic mass is 9.95. The van der Waals surface area contributed by atoms with Crippen molar-refractivity contribution in [2.75, 3.05) is 13.7 Å². The van der Waals surface area contributed by atoms with Crippen molar-refractivity contribution in [3.05, 3.63) is 22.9 Å².